The molecule has 9 heteroatoms. The summed E-state index contributed by atoms with van der Waals surface area (Å²) >= 11 is 1.10. The lowest BCUT2D eigenvalue weighted by molar-refractivity contribution is -0.117. The highest BCUT2D eigenvalue weighted by Gasteiger charge is 2.46. The molecule has 3 aromatic carbocycles. The van der Waals surface area contributed by atoms with Gasteiger partial charge in [-0.05, 0) is 54.4 Å². The van der Waals surface area contributed by atoms with Crippen LogP contribution < -0.4 is 9.64 Å². The summed E-state index contributed by atoms with van der Waals surface area (Å²) in [5.41, 5.74) is 1.45. The molecule has 0 aliphatic carbocycles. The van der Waals surface area contributed by atoms with Crippen molar-refractivity contribution in [3.63, 3.8) is 0 Å². The number of Topliss-reactive ketones (excluding diaryl/α,β-unsaturated/α-hetero) is 1. The fourth-order valence-electron chi connectivity index (χ4n) is 4.53. The molecular weight excluding hydrogens is 507 g/mol. The van der Waals surface area contributed by atoms with Crippen LogP contribution in [0.5, 0.6) is 5.75 Å². The summed E-state index contributed by atoms with van der Waals surface area (Å²) in [5.74, 6) is -1.86. The summed E-state index contributed by atoms with van der Waals surface area (Å²) < 4.78 is 25.9. The normalized spacial score (nSPS) is 15.7. The molecule has 0 radical (unpaired) electrons. The summed E-state index contributed by atoms with van der Waals surface area (Å²) in [6.07, 6.45) is 0.845. The van der Waals surface area contributed by atoms with Gasteiger partial charge in [0.05, 0.1) is 28.4 Å². The van der Waals surface area contributed by atoms with Gasteiger partial charge >= 0.3 is 0 Å². The van der Waals surface area contributed by atoms with Gasteiger partial charge in [-0.15, -0.1) is 0 Å². The molecule has 0 saturated carbocycles. The van der Waals surface area contributed by atoms with Crippen molar-refractivity contribution in [1.29, 1.82) is 0 Å². The number of carbonyl (C=O) groups is 2. The number of hydrogen-bond donors (Lipinski definition) is 1. The van der Waals surface area contributed by atoms with Crippen molar-refractivity contribution < 1.29 is 28.2 Å². The van der Waals surface area contributed by atoms with Gasteiger partial charge in [-0.25, -0.2) is 9.37 Å². The zero-order valence-corrected chi connectivity index (χ0v) is 21.0. The van der Waals surface area contributed by atoms with E-state index in [-0.39, 0.29) is 16.5 Å². The van der Waals surface area contributed by atoms with E-state index in [1.54, 1.807) is 42.5 Å². The third-order valence-corrected chi connectivity index (χ3v) is 7.33. The fourth-order valence-corrected chi connectivity index (χ4v) is 5.55. The minimum absolute atomic E-state index is 0.00155. The van der Waals surface area contributed by atoms with Crippen LogP contribution in [0.1, 0.15) is 35.5 Å². The van der Waals surface area contributed by atoms with Gasteiger partial charge < -0.3 is 14.3 Å². The maximum absolute atomic E-state index is 13.9. The SMILES string of the molecule is CCCOc1ccc(C2C(C(=O)c3cc4ccccc4o3)=C(O)C(=O)N2c2nc3ccc(F)cc3s2)cc1. The number of hydrogen-bond acceptors (Lipinski definition) is 7. The lowest BCUT2D eigenvalue weighted by atomic mass is 9.95. The van der Waals surface area contributed by atoms with E-state index in [9.17, 15) is 19.1 Å². The molecule has 2 aromatic heterocycles. The van der Waals surface area contributed by atoms with Gasteiger partial charge in [0.25, 0.3) is 5.91 Å². The highest BCUT2D eigenvalue weighted by Crippen LogP contribution is 2.44. The Morgan fingerprint density at radius 2 is 1.92 bits per heavy atom. The summed E-state index contributed by atoms with van der Waals surface area (Å²) in [7, 11) is 0. The molecule has 0 spiro atoms. The first-order valence-electron chi connectivity index (χ1n) is 12.0. The number of fused-ring (bicyclic) bond motifs is 2. The smallest absolute Gasteiger partial charge is 0.296 e. The predicted molar refractivity (Wildman–Crippen MR) is 142 cm³/mol. The number of benzene rings is 3. The van der Waals surface area contributed by atoms with Gasteiger partial charge in [0, 0.05) is 5.39 Å². The van der Waals surface area contributed by atoms with Gasteiger partial charge in [0.1, 0.15) is 17.1 Å². The van der Waals surface area contributed by atoms with Crippen molar-refractivity contribution in [2.75, 3.05) is 11.5 Å². The number of aliphatic hydroxyl groups excluding tert-OH is 1. The molecule has 1 N–H and O–H groups in total. The van der Waals surface area contributed by atoms with Crippen LogP contribution in [0.25, 0.3) is 21.2 Å². The second kappa shape index (κ2) is 9.42. The Hall–Kier alpha value is -4.50. The molecular formula is C29H21FN2O5S. The fraction of sp³-hybridized carbons (Fsp3) is 0.138. The van der Waals surface area contributed by atoms with Gasteiger partial charge in [-0.1, -0.05) is 48.6 Å². The molecule has 1 aliphatic heterocycles. The Morgan fingerprint density at radius 3 is 2.68 bits per heavy atom. The number of halogens is 1. The predicted octanol–water partition coefficient (Wildman–Crippen LogP) is 6.75. The number of amides is 1. The summed E-state index contributed by atoms with van der Waals surface area (Å²) in [6.45, 7) is 2.55. The molecule has 1 amide bonds. The molecule has 1 unspecified atom stereocenters. The van der Waals surface area contributed by atoms with E-state index < -0.39 is 29.3 Å². The van der Waals surface area contributed by atoms with Crippen molar-refractivity contribution >= 4 is 49.3 Å². The number of anilines is 1. The van der Waals surface area contributed by atoms with E-state index in [2.05, 4.69) is 4.98 Å². The largest absolute Gasteiger partial charge is 0.503 e. The molecule has 0 saturated heterocycles. The van der Waals surface area contributed by atoms with E-state index in [4.69, 9.17) is 9.15 Å². The molecule has 1 aliphatic rings. The monoisotopic (exact) mass is 528 g/mol. The van der Waals surface area contributed by atoms with Crippen molar-refractivity contribution in [1.82, 2.24) is 4.98 Å². The third-order valence-electron chi connectivity index (χ3n) is 6.32. The first-order valence-corrected chi connectivity index (χ1v) is 12.8. The maximum atomic E-state index is 13.9. The van der Waals surface area contributed by atoms with Crippen molar-refractivity contribution in [2.45, 2.75) is 19.4 Å². The first-order chi connectivity index (χ1) is 18.4. The van der Waals surface area contributed by atoms with Crippen molar-refractivity contribution in [3.05, 3.63) is 101 Å². The standard InChI is InChI=1S/C29H21FN2O5S/c1-2-13-36-19-10-7-16(8-11-19)25-24(26(33)22-14-17-5-3-4-6-21(17)37-22)27(34)28(35)32(25)29-31-20-12-9-18(30)15-23(20)38-29/h3-12,14-15,25,34H,2,13H2,1H3. The van der Waals surface area contributed by atoms with E-state index >= 15 is 0 Å². The van der Waals surface area contributed by atoms with Crippen LogP contribution in [0, 0.1) is 5.82 Å². The Kier molecular flexibility index (Phi) is 5.92. The number of ketones is 1. The van der Waals surface area contributed by atoms with Crippen LogP contribution >= 0.6 is 11.3 Å². The Bertz CT molecular complexity index is 1700. The zero-order valence-electron chi connectivity index (χ0n) is 20.2. The highest BCUT2D eigenvalue weighted by molar-refractivity contribution is 7.22. The molecule has 1 atom stereocenters. The number of carbonyl (C=O) groups excluding carboxylic acids is 2. The van der Waals surface area contributed by atoms with Crippen LogP contribution in [-0.2, 0) is 4.79 Å². The Morgan fingerprint density at radius 1 is 1.13 bits per heavy atom. The molecule has 7 nitrogen and oxygen atoms in total. The number of aromatic nitrogens is 1. The number of ether oxygens (including phenoxy) is 1. The van der Waals surface area contributed by atoms with E-state index in [0.717, 1.165) is 23.1 Å². The Balaban J connectivity index is 1.47. The van der Waals surface area contributed by atoms with Gasteiger partial charge in [-0.3, -0.25) is 14.5 Å². The lowest BCUT2D eigenvalue weighted by Gasteiger charge is -2.24. The number of aliphatic hydroxyl groups is 1. The van der Waals surface area contributed by atoms with Crippen LogP contribution in [-0.4, -0.2) is 28.4 Å². The summed E-state index contributed by atoms with van der Waals surface area (Å²) in [4.78, 5) is 33.0. The molecule has 6 rings (SSSR count). The summed E-state index contributed by atoms with van der Waals surface area (Å²) in [5, 5.41) is 12.0. The van der Waals surface area contributed by atoms with Gasteiger partial charge in [0.15, 0.2) is 16.7 Å². The van der Waals surface area contributed by atoms with Crippen LogP contribution in [0.15, 0.2) is 88.5 Å². The third kappa shape index (κ3) is 4.01. The Labute approximate surface area is 220 Å². The minimum Gasteiger partial charge on any atom is -0.503 e. The highest BCUT2D eigenvalue weighted by atomic mass is 32.1. The number of para-hydroxylation sites is 1. The molecule has 5 aromatic rings. The van der Waals surface area contributed by atoms with Crippen molar-refractivity contribution in [3.8, 4) is 5.75 Å². The molecule has 0 fully saturated rings. The topological polar surface area (TPSA) is 92.9 Å². The number of nitrogens with zero attached hydrogens (tertiary/aromatic N) is 2. The lowest BCUT2D eigenvalue weighted by Crippen LogP contribution is -2.30. The van der Waals surface area contributed by atoms with E-state index in [1.807, 2.05) is 19.1 Å². The molecule has 3 heterocycles. The van der Waals surface area contributed by atoms with Crippen LogP contribution in [0.2, 0.25) is 0 Å². The first kappa shape index (κ1) is 23.9. The van der Waals surface area contributed by atoms with Gasteiger partial charge in [-0.2, -0.15) is 0 Å². The average Bonchev–Trinajstić information content (AvgIpc) is 3.61. The van der Waals surface area contributed by atoms with Crippen LogP contribution in [0.3, 0.4) is 0 Å². The minimum atomic E-state index is -0.992. The average molecular weight is 529 g/mol. The second-order valence-corrected chi connectivity index (χ2v) is 9.85. The zero-order chi connectivity index (χ0) is 26.4. The number of furan rings is 1. The van der Waals surface area contributed by atoms with Crippen LogP contribution in [0.4, 0.5) is 9.52 Å². The number of rotatable bonds is 7. The van der Waals surface area contributed by atoms with E-state index in [1.165, 1.54) is 23.1 Å². The molecule has 0 bridgehead atoms. The second-order valence-electron chi connectivity index (χ2n) is 8.84. The van der Waals surface area contributed by atoms with Gasteiger partial charge in [0.2, 0.25) is 5.78 Å². The molecule has 190 valence electrons. The molecule has 38 heavy (non-hydrogen) atoms. The summed E-state index contributed by atoms with van der Waals surface area (Å²) in [6, 6.07) is 18.9. The quantitative estimate of drug-likeness (QED) is 0.235. The maximum Gasteiger partial charge on any atom is 0.296 e. The number of thiazole rings is 1. The van der Waals surface area contributed by atoms with Crippen molar-refractivity contribution in [2.24, 2.45) is 0 Å². The van der Waals surface area contributed by atoms with E-state index in [0.29, 0.717) is 33.7 Å².